The van der Waals surface area contributed by atoms with Crippen molar-refractivity contribution in [3.8, 4) is 5.75 Å². The first kappa shape index (κ1) is 18.4. The molecule has 0 fully saturated rings. The molecule has 2 N–H and O–H groups in total. The average Bonchev–Trinajstić information content (AvgIpc) is 2.70. The molecule has 0 radical (unpaired) electrons. The quantitative estimate of drug-likeness (QED) is 0.692. The standard InChI is InChI=1S/C20H16ClN3O3/c1-27-18-9-8-14(21)11-15(18)20(26)24-17-7-3-2-6-16(17)23-19(25)13-5-4-10-22-12-13/h2-12H,1H3,(H,23,25)(H,24,26). The molecule has 7 heteroatoms. The van der Waals surface area contributed by atoms with Gasteiger partial charge in [-0.25, -0.2) is 0 Å². The molecule has 1 heterocycles. The Labute approximate surface area is 161 Å². The molecule has 0 aliphatic carbocycles. The summed E-state index contributed by atoms with van der Waals surface area (Å²) in [6.07, 6.45) is 3.05. The maximum Gasteiger partial charge on any atom is 0.259 e. The van der Waals surface area contributed by atoms with E-state index in [1.54, 1.807) is 54.7 Å². The van der Waals surface area contributed by atoms with Gasteiger partial charge < -0.3 is 15.4 Å². The molecule has 6 nitrogen and oxygen atoms in total. The third-order valence-corrected chi connectivity index (χ3v) is 3.99. The number of rotatable bonds is 5. The van der Waals surface area contributed by atoms with E-state index in [2.05, 4.69) is 15.6 Å². The van der Waals surface area contributed by atoms with Crippen molar-refractivity contribution in [3.05, 3.63) is 83.1 Å². The Bertz CT molecular complexity index is 977. The Morgan fingerprint density at radius 3 is 2.30 bits per heavy atom. The molecule has 0 saturated carbocycles. The molecule has 3 aromatic rings. The Morgan fingerprint density at radius 1 is 0.963 bits per heavy atom. The van der Waals surface area contributed by atoms with E-state index in [9.17, 15) is 9.59 Å². The van der Waals surface area contributed by atoms with Gasteiger partial charge in [-0.05, 0) is 42.5 Å². The van der Waals surface area contributed by atoms with E-state index in [1.165, 1.54) is 19.4 Å². The number of benzene rings is 2. The second-order valence-corrected chi connectivity index (χ2v) is 5.98. The number of nitrogens with zero attached hydrogens (tertiary/aromatic N) is 1. The van der Waals surface area contributed by atoms with Crippen LogP contribution in [0.15, 0.2) is 67.0 Å². The minimum Gasteiger partial charge on any atom is -0.496 e. The molecule has 1 aromatic heterocycles. The number of carbonyl (C=O) groups excluding carboxylic acids is 2. The average molecular weight is 382 g/mol. The molecule has 0 saturated heterocycles. The lowest BCUT2D eigenvalue weighted by Gasteiger charge is -2.14. The number of aromatic nitrogens is 1. The van der Waals surface area contributed by atoms with Gasteiger partial charge in [-0.15, -0.1) is 0 Å². The van der Waals surface area contributed by atoms with Gasteiger partial charge in [-0.3, -0.25) is 14.6 Å². The van der Waals surface area contributed by atoms with Crippen LogP contribution >= 0.6 is 11.6 Å². The van der Waals surface area contributed by atoms with E-state index < -0.39 is 5.91 Å². The molecule has 2 aromatic carbocycles. The predicted octanol–water partition coefficient (Wildman–Crippen LogP) is 4.25. The van der Waals surface area contributed by atoms with Crippen molar-refractivity contribution in [2.75, 3.05) is 17.7 Å². The summed E-state index contributed by atoms with van der Waals surface area (Å²) in [7, 11) is 1.47. The van der Waals surface area contributed by atoms with Gasteiger partial charge in [-0.2, -0.15) is 0 Å². The number of amides is 2. The first-order chi connectivity index (χ1) is 13.1. The van der Waals surface area contributed by atoms with Crippen LogP contribution in [0.3, 0.4) is 0 Å². The number of methoxy groups -OCH3 is 1. The molecule has 0 spiro atoms. The van der Waals surface area contributed by atoms with Crippen LogP contribution in [-0.2, 0) is 0 Å². The van der Waals surface area contributed by atoms with Crippen molar-refractivity contribution in [1.29, 1.82) is 0 Å². The van der Waals surface area contributed by atoms with Gasteiger partial charge >= 0.3 is 0 Å². The third kappa shape index (κ3) is 4.43. The number of ether oxygens (including phenoxy) is 1. The van der Waals surface area contributed by atoms with E-state index in [0.29, 0.717) is 33.3 Å². The summed E-state index contributed by atoms with van der Waals surface area (Å²) in [6.45, 7) is 0. The molecule has 136 valence electrons. The zero-order chi connectivity index (χ0) is 19.2. The summed E-state index contributed by atoms with van der Waals surface area (Å²) in [5.74, 6) is -0.337. The summed E-state index contributed by atoms with van der Waals surface area (Å²) >= 11 is 5.99. The lowest BCUT2D eigenvalue weighted by molar-refractivity contribution is 0.101. The SMILES string of the molecule is COc1ccc(Cl)cc1C(=O)Nc1ccccc1NC(=O)c1cccnc1. The highest BCUT2D eigenvalue weighted by Gasteiger charge is 2.16. The smallest absolute Gasteiger partial charge is 0.259 e. The van der Waals surface area contributed by atoms with Crippen molar-refractivity contribution in [3.63, 3.8) is 0 Å². The van der Waals surface area contributed by atoms with Gasteiger partial charge in [0.1, 0.15) is 5.75 Å². The van der Waals surface area contributed by atoms with Crippen molar-refractivity contribution in [2.24, 2.45) is 0 Å². The van der Waals surface area contributed by atoms with Gasteiger partial charge in [0, 0.05) is 17.4 Å². The molecule has 0 bridgehead atoms. The summed E-state index contributed by atoms with van der Waals surface area (Å²) in [4.78, 5) is 29.0. The number of halogens is 1. The molecule has 0 aliphatic heterocycles. The second-order valence-electron chi connectivity index (χ2n) is 5.54. The third-order valence-electron chi connectivity index (χ3n) is 3.75. The van der Waals surface area contributed by atoms with Crippen LogP contribution in [-0.4, -0.2) is 23.9 Å². The highest BCUT2D eigenvalue weighted by molar-refractivity contribution is 6.31. The zero-order valence-corrected chi connectivity index (χ0v) is 15.2. The number of pyridine rings is 1. The maximum atomic E-state index is 12.7. The van der Waals surface area contributed by atoms with E-state index in [-0.39, 0.29) is 5.91 Å². The molecular weight excluding hydrogens is 366 g/mol. The molecule has 0 atom stereocenters. The number of nitrogens with one attached hydrogen (secondary N) is 2. The molecule has 0 unspecified atom stereocenters. The lowest BCUT2D eigenvalue weighted by atomic mass is 10.1. The topological polar surface area (TPSA) is 80.3 Å². The van der Waals surface area contributed by atoms with Crippen molar-refractivity contribution in [2.45, 2.75) is 0 Å². The van der Waals surface area contributed by atoms with Crippen molar-refractivity contribution >= 4 is 34.8 Å². The first-order valence-electron chi connectivity index (χ1n) is 8.04. The van der Waals surface area contributed by atoms with E-state index in [0.717, 1.165) is 0 Å². The molecule has 2 amide bonds. The number of hydrogen-bond acceptors (Lipinski definition) is 4. The fraction of sp³-hybridized carbons (Fsp3) is 0.0500. The minimum absolute atomic E-state index is 0.290. The summed E-state index contributed by atoms with van der Waals surface area (Å²) in [6, 6.07) is 15.0. The van der Waals surface area contributed by atoms with Crippen LogP contribution < -0.4 is 15.4 Å². The van der Waals surface area contributed by atoms with Crippen LogP contribution in [0.5, 0.6) is 5.75 Å². The van der Waals surface area contributed by atoms with E-state index >= 15 is 0 Å². The monoisotopic (exact) mass is 381 g/mol. The van der Waals surface area contributed by atoms with E-state index in [1.807, 2.05) is 0 Å². The van der Waals surface area contributed by atoms with Crippen LogP contribution in [0.4, 0.5) is 11.4 Å². The predicted molar refractivity (Wildman–Crippen MR) is 105 cm³/mol. The fourth-order valence-corrected chi connectivity index (χ4v) is 2.61. The lowest BCUT2D eigenvalue weighted by Crippen LogP contribution is -2.17. The first-order valence-corrected chi connectivity index (χ1v) is 8.41. The normalized spacial score (nSPS) is 10.1. The van der Waals surface area contributed by atoms with Crippen molar-refractivity contribution < 1.29 is 14.3 Å². The van der Waals surface area contributed by atoms with Gasteiger partial charge in [0.15, 0.2) is 0 Å². The minimum atomic E-state index is -0.405. The Kier molecular flexibility index (Phi) is 5.68. The summed E-state index contributed by atoms with van der Waals surface area (Å²) in [5, 5.41) is 5.97. The highest BCUT2D eigenvalue weighted by atomic mass is 35.5. The highest BCUT2D eigenvalue weighted by Crippen LogP contribution is 2.26. The van der Waals surface area contributed by atoms with Gasteiger partial charge in [0.05, 0.1) is 29.6 Å². The number of hydrogen-bond donors (Lipinski definition) is 2. The van der Waals surface area contributed by atoms with Crippen LogP contribution in [0.25, 0.3) is 0 Å². The number of anilines is 2. The largest absolute Gasteiger partial charge is 0.496 e. The van der Waals surface area contributed by atoms with Crippen molar-refractivity contribution in [1.82, 2.24) is 4.98 Å². The zero-order valence-electron chi connectivity index (χ0n) is 14.4. The van der Waals surface area contributed by atoms with Crippen LogP contribution in [0.2, 0.25) is 5.02 Å². The number of para-hydroxylation sites is 2. The summed E-state index contributed by atoms with van der Waals surface area (Å²) < 4.78 is 5.22. The van der Waals surface area contributed by atoms with Crippen LogP contribution in [0.1, 0.15) is 20.7 Å². The molecular formula is C20H16ClN3O3. The maximum absolute atomic E-state index is 12.7. The fourth-order valence-electron chi connectivity index (χ4n) is 2.44. The van der Waals surface area contributed by atoms with Gasteiger partial charge in [0.25, 0.3) is 11.8 Å². The molecule has 3 rings (SSSR count). The van der Waals surface area contributed by atoms with Gasteiger partial charge in [-0.1, -0.05) is 23.7 Å². The Hall–Kier alpha value is -3.38. The molecule has 27 heavy (non-hydrogen) atoms. The Balaban J connectivity index is 1.83. The van der Waals surface area contributed by atoms with E-state index in [4.69, 9.17) is 16.3 Å². The number of carbonyl (C=O) groups is 2. The molecule has 0 aliphatic rings. The van der Waals surface area contributed by atoms with Crippen LogP contribution in [0, 0.1) is 0 Å². The summed E-state index contributed by atoms with van der Waals surface area (Å²) in [5.41, 5.74) is 1.61. The second kappa shape index (κ2) is 8.33. The van der Waals surface area contributed by atoms with Gasteiger partial charge in [0.2, 0.25) is 0 Å². The Morgan fingerprint density at radius 2 is 1.67 bits per heavy atom.